The topological polar surface area (TPSA) is 9.23 Å². The lowest BCUT2D eigenvalue weighted by atomic mass is 9.74. The van der Waals surface area contributed by atoms with Gasteiger partial charge in [-0.25, -0.2) is 0 Å². The summed E-state index contributed by atoms with van der Waals surface area (Å²) in [4.78, 5) is 0. The lowest BCUT2D eigenvalue weighted by Crippen LogP contribution is -2.23. The second kappa shape index (κ2) is 10.3. The fourth-order valence-corrected chi connectivity index (χ4v) is 3.74. The van der Waals surface area contributed by atoms with Gasteiger partial charge >= 0.3 is 0 Å². The molecule has 0 heterocycles. The molecule has 0 spiro atoms. The third-order valence-electron chi connectivity index (χ3n) is 6.43. The van der Waals surface area contributed by atoms with Gasteiger partial charge in [-0.2, -0.15) is 0 Å². The summed E-state index contributed by atoms with van der Waals surface area (Å²) in [6.45, 7) is 18.0. The van der Waals surface area contributed by atoms with Crippen molar-refractivity contribution >= 4 is 0 Å². The molecule has 1 heteroatoms. The van der Waals surface area contributed by atoms with Crippen LogP contribution in [0.3, 0.4) is 0 Å². The molecule has 24 heavy (non-hydrogen) atoms. The first-order valence-corrected chi connectivity index (χ1v) is 10.3. The molecule has 0 aromatic rings. The highest BCUT2D eigenvalue weighted by Crippen LogP contribution is 2.45. The van der Waals surface area contributed by atoms with E-state index in [0.29, 0.717) is 11.3 Å². The number of unbranched alkanes of at least 4 members (excludes halogenated alkanes) is 4. The predicted molar refractivity (Wildman–Crippen MR) is 107 cm³/mol. The van der Waals surface area contributed by atoms with Crippen LogP contribution in [-0.2, 0) is 4.74 Å². The number of hydrogen-bond acceptors (Lipinski definition) is 1. The molecule has 0 bridgehead atoms. The summed E-state index contributed by atoms with van der Waals surface area (Å²) in [5.41, 5.74) is 1.95. The summed E-state index contributed by atoms with van der Waals surface area (Å²) in [5.74, 6) is 2.39. The third kappa shape index (κ3) is 6.65. The number of ether oxygens (including phenoxy) is 1. The van der Waals surface area contributed by atoms with Crippen LogP contribution in [0.25, 0.3) is 0 Å². The standard InChI is InChI=1S/C23H42O/c1-8-9-10-11-12-13-20(4)24-21(5)18(2)14-16-22-17-15-19(3)23(22,6)7/h15,18,21-22H,4,8-14,16-17H2,1-3,5-7H3. The van der Waals surface area contributed by atoms with Gasteiger partial charge in [-0.3, -0.25) is 0 Å². The van der Waals surface area contributed by atoms with Gasteiger partial charge in [-0.1, -0.05) is 71.6 Å². The van der Waals surface area contributed by atoms with Gasteiger partial charge in [-0.05, 0) is 56.8 Å². The SMILES string of the molecule is C=C(CCCCCCC)OC(C)C(C)CCC1CC=C(C)C1(C)C. The average molecular weight is 335 g/mol. The Bertz CT molecular complexity index is 404. The maximum Gasteiger partial charge on any atom is 0.0979 e. The molecule has 0 saturated carbocycles. The molecule has 1 aliphatic carbocycles. The Hall–Kier alpha value is -0.720. The number of rotatable bonds is 12. The quantitative estimate of drug-likeness (QED) is 0.202. The summed E-state index contributed by atoms with van der Waals surface area (Å²) >= 11 is 0. The van der Waals surface area contributed by atoms with E-state index in [4.69, 9.17) is 4.74 Å². The van der Waals surface area contributed by atoms with Crippen LogP contribution in [0.1, 0.15) is 99.3 Å². The second-order valence-electron chi connectivity index (χ2n) is 8.62. The summed E-state index contributed by atoms with van der Waals surface area (Å²) in [7, 11) is 0. The minimum absolute atomic E-state index is 0.284. The van der Waals surface area contributed by atoms with Gasteiger partial charge in [0.2, 0.25) is 0 Å². The van der Waals surface area contributed by atoms with Crippen molar-refractivity contribution in [3.05, 3.63) is 24.0 Å². The number of allylic oxidation sites excluding steroid dienone is 3. The fraction of sp³-hybridized carbons (Fsp3) is 0.826. The minimum atomic E-state index is 0.284. The van der Waals surface area contributed by atoms with Crippen LogP contribution in [0.5, 0.6) is 0 Å². The first kappa shape index (κ1) is 21.3. The molecule has 0 aromatic carbocycles. The molecular weight excluding hydrogens is 292 g/mol. The zero-order chi connectivity index (χ0) is 18.2. The molecule has 3 unspecified atom stereocenters. The summed E-state index contributed by atoms with van der Waals surface area (Å²) in [6.07, 6.45) is 14.1. The van der Waals surface area contributed by atoms with Crippen molar-refractivity contribution in [2.75, 3.05) is 0 Å². The van der Waals surface area contributed by atoms with Crippen molar-refractivity contribution in [2.24, 2.45) is 17.3 Å². The minimum Gasteiger partial charge on any atom is -0.495 e. The Labute approximate surface area is 151 Å². The smallest absolute Gasteiger partial charge is 0.0979 e. The van der Waals surface area contributed by atoms with Crippen LogP contribution in [0.4, 0.5) is 0 Å². The Morgan fingerprint density at radius 1 is 1.25 bits per heavy atom. The van der Waals surface area contributed by atoms with Crippen LogP contribution in [0, 0.1) is 17.3 Å². The van der Waals surface area contributed by atoms with Crippen molar-refractivity contribution in [1.29, 1.82) is 0 Å². The van der Waals surface area contributed by atoms with Gasteiger partial charge in [-0.15, -0.1) is 0 Å². The highest BCUT2D eigenvalue weighted by Gasteiger charge is 2.34. The zero-order valence-electron chi connectivity index (χ0n) is 17.3. The Balaban J connectivity index is 2.22. The lowest BCUT2D eigenvalue weighted by Gasteiger charge is -2.31. The van der Waals surface area contributed by atoms with E-state index in [9.17, 15) is 0 Å². The lowest BCUT2D eigenvalue weighted by molar-refractivity contribution is 0.0716. The van der Waals surface area contributed by atoms with E-state index in [1.54, 1.807) is 5.57 Å². The highest BCUT2D eigenvalue weighted by atomic mass is 16.5. The number of hydrogen-bond donors (Lipinski definition) is 0. The van der Waals surface area contributed by atoms with E-state index >= 15 is 0 Å². The largest absolute Gasteiger partial charge is 0.495 e. The van der Waals surface area contributed by atoms with E-state index < -0.39 is 0 Å². The average Bonchev–Trinajstić information content (AvgIpc) is 2.78. The van der Waals surface area contributed by atoms with Gasteiger partial charge < -0.3 is 4.74 Å². The maximum absolute atomic E-state index is 6.10. The van der Waals surface area contributed by atoms with E-state index in [0.717, 1.165) is 18.1 Å². The van der Waals surface area contributed by atoms with E-state index in [1.165, 1.54) is 51.4 Å². The van der Waals surface area contributed by atoms with Crippen molar-refractivity contribution in [2.45, 2.75) is 105 Å². The normalized spacial score (nSPS) is 22.1. The van der Waals surface area contributed by atoms with Gasteiger partial charge in [0.1, 0.15) is 0 Å². The van der Waals surface area contributed by atoms with Crippen LogP contribution in [0.15, 0.2) is 24.0 Å². The monoisotopic (exact) mass is 334 g/mol. The maximum atomic E-state index is 6.10. The molecule has 0 aliphatic heterocycles. The molecule has 0 radical (unpaired) electrons. The Morgan fingerprint density at radius 3 is 2.50 bits per heavy atom. The molecule has 1 nitrogen and oxygen atoms in total. The van der Waals surface area contributed by atoms with Gasteiger partial charge in [0.15, 0.2) is 0 Å². The van der Waals surface area contributed by atoms with Crippen molar-refractivity contribution < 1.29 is 4.74 Å². The molecule has 0 fully saturated rings. The van der Waals surface area contributed by atoms with Crippen LogP contribution < -0.4 is 0 Å². The van der Waals surface area contributed by atoms with Gasteiger partial charge in [0, 0.05) is 6.42 Å². The molecule has 0 N–H and O–H groups in total. The van der Waals surface area contributed by atoms with Gasteiger partial charge in [0.25, 0.3) is 0 Å². The molecule has 3 atom stereocenters. The molecule has 0 aromatic heterocycles. The van der Waals surface area contributed by atoms with Gasteiger partial charge in [0.05, 0.1) is 11.9 Å². The molecule has 1 aliphatic rings. The van der Waals surface area contributed by atoms with E-state index in [-0.39, 0.29) is 6.10 Å². The first-order valence-electron chi connectivity index (χ1n) is 10.3. The van der Waals surface area contributed by atoms with E-state index in [1.807, 2.05) is 0 Å². The highest BCUT2D eigenvalue weighted by molar-refractivity contribution is 5.18. The molecule has 0 amide bonds. The summed E-state index contributed by atoms with van der Waals surface area (Å²) in [6, 6.07) is 0. The summed E-state index contributed by atoms with van der Waals surface area (Å²) in [5, 5.41) is 0. The molecule has 0 saturated heterocycles. The van der Waals surface area contributed by atoms with Crippen LogP contribution in [0.2, 0.25) is 0 Å². The Kier molecular flexibility index (Phi) is 9.16. The second-order valence-corrected chi connectivity index (χ2v) is 8.62. The van der Waals surface area contributed by atoms with E-state index in [2.05, 4.69) is 54.2 Å². The van der Waals surface area contributed by atoms with Crippen molar-refractivity contribution in [3.63, 3.8) is 0 Å². The molecule has 1 rings (SSSR count). The summed E-state index contributed by atoms with van der Waals surface area (Å²) < 4.78 is 6.10. The molecular formula is C23H42O. The zero-order valence-corrected chi connectivity index (χ0v) is 17.3. The van der Waals surface area contributed by atoms with Crippen molar-refractivity contribution in [1.82, 2.24) is 0 Å². The fourth-order valence-electron chi connectivity index (χ4n) is 3.74. The Morgan fingerprint density at radius 2 is 1.92 bits per heavy atom. The van der Waals surface area contributed by atoms with Crippen molar-refractivity contribution in [3.8, 4) is 0 Å². The predicted octanol–water partition coefficient (Wildman–Crippen LogP) is 7.67. The third-order valence-corrected chi connectivity index (χ3v) is 6.43. The molecule has 140 valence electrons. The van der Waals surface area contributed by atoms with Crippen LogP contribution >= 0.6 is 0 Å². The first-order chi connectivity index (χ1) is 11.3. The van der Waals surface area contributed by atoms with Crippen LogP contribution in [-0.4, -0.2) is 6.10 Å².